The van der Waals surface area contributed by atoms with E-state index in [4.69, 9.17) is 9.47 Å². The molecular formula is C13H14N2O2S. The molecule has 0 saturated heterocycles. The third-order valence-corrected chi connectivity index (χ3v) is 3.36. The van der Waals surface area contributed by atoms with Crippen molar-refractivity contribution >= 4 is 16.5 Å². The average molecular weight is 262 g/mol. The Morgan fingerprint density at radius 2 is 2.11 bits per heavy atom. The number of benzene rings is 1. The Morgan fingerprint density at radius 3 is 2.94 bits per heavy atom. The topological polar surface area (TPSA) is 43.4 Å². The molecule has 0 spiro atoms. The van der Waals surface area contributed by atoms with Gasteiger partial charge in [-0.05, 0) is 32.0 Å². The predicted octanol–water partition coefficient (Wildman–Crippen LogP) is 3.36. The summed E-state index contributed by atoms with van der Waals surface area (Å²) in [5, 5.41) is 6.28. The standard InChI is InChI=1S/C13H14N2O2S/c1-8(2)14-13-15-10(6-18-13)9-3-4-11-12(5-9)17-7-16-11/h3-6,8H,7H2,1-2H3,(H,14,15). The maximum atomic E-state index is 5.37. The molecule has 0 radical (unpaired) electrons. The highest BCUT2D eigenvalue weighted by atomic mass is 32.1. The molecule has 1 aliphatic rings. The van der Waals surface area contributed by atoms with E-state index < -0.39 is 0 Å². The molecule has 0 unspecified atom stereocenters. The summed E-state index contributed by atoms with van der Waals surface area (Å²) < 4.78 is 10.7. The Balaban J connectivity index is 1.88. The third-order valence-electron chi connectivity index (χ3n) is 2.58. The maximum Gasteiger partial charge on any atom is 0.231 e. The van der Waals surface area contributed by atoms with Gasteiger partial charge in [0, 0.05) is 17.0 Å². The molecule has 94 valence electrons. The van der Waals surface area contributed by atoms with Crippen molar-refractivity contribution in [3.8, 4) is 22.8 Å². The van der Waals surface area contributed by atoms with Gasteiger partial charge in [-0.3, -0.25) is 0 Å². The van der Waals surface area contributed by atoms with Crippen LogP contribution in [0, 0.1) is 0 Å². The van der Waals surface area contributed by atoms with Crippen molar-refractivity contribution in [3.05, 3.63) is 23.6 Å². The summed E-state index contributed by atoms with van der Waals surface area (Å²) in [5.74, 6) is 1.59. The van der Waals surface area contributed by atoms with Crippen LogP contribution in [0.3, 0.4) is 0 Å². The van der Waals surface area contributed by atoms with Gasteiger partial charge in [-0.15, -0.1) is 11.3 Å². The van der Waals surface area contributed by atoms with Crippen molar-refractivity contribution in [1.29, 1.82) is 0 Å². The van der Waals surface area contributed by atoms with Gasteiger partial charge >= 0.3 is 0 Å². The van der Waals surface area contributed by atoms with Crippen molar-refractivity contribution in [2.75, 3.05) is 12.1 Å². The van der Waals surface area contributed by atoms with Gasteiger partial charge < -0.3 is 14.8 Å². The molecule has 2 heterocycles. The van der Waals surface area contributed by atoms with Crippen LogP contribution in [-0.4, -0.2) is 17.8 Å². The van der Waals surface area contributed by atoms with E-state index in [1.54, 1.807) is 11.3 Å². The zero-order valence-corrected chi connectivity index (χ0v) is 11.1. The van der Waals surface area contributed by atoms with Gasteiger partial charge in [0.25, 0.3) is 0 Å². The van der Waals surface area contributed by atoms with E-state index in [0.717, 1.165) is 27.9 Å². The summed E-state index contributed by atoms with van der Waals surface area (Å²) in [6, 6.07) is 6.28. The van der Waals surface area contributed by atoms with Crippen molar-refractivity contribution in [1.82, 2.24) is 4.98 Å². The van der Waals surface area contributed by atoms with Crippen LogP contribution in [0.15, 0.2) is 23.6 Å². The van der Waals surface area contributed by atoms with Gasteiger partial charge in [0.05, 0.1) is 5.69 Å². The van der Waals surface area contributed by atoms with E-state index in [2.05, 4.69) is 24.1 Å². The Morgan fingerprint density at radius 1 is 1.28 bits per heavy atom. The first-order valence-electron chi connectivity index (χ1n) is 5.84. The highest BCUT2D eigenvalue weighted by Gasteiger charge is 2.15. The summed E-state index contributed by atoms with van der Waals surface area (Å²) in [7, 11) is 0. The van der Waals surface area contributed by atoms with Crippen molar-refractivity contribution < 1.29 is 9.47 Å². The molecule has 1 aromatic heterocycles. The minimum atomic E-state index is 0.302. The number of rotatable bonds is 3. The van der Waals surface area contributed by atoms with Crippen LogP contribution in [-0.2, 0) is 0 Å². The van der Waals surface area contributed by atoms with E-state index in [1.807, 2.05) is 23.6 Å². The molecule has 1 aliphatic heterocycles. The highest BCUT2D eigenvalue weighted by Crippen LogP contribution is 2.36. The number of nitrogens with one attached hydrogen (secondary N) is 1. The SMILES string of the molecule is CC(C)Nc1nc(-c2ccc3c(c2)OCO3)cs1. The van der Waals surface area contributed by atoms with E-state index in [9.17, 15) is 0 Å². The first-order valence-corrected chi connectivity index (χ1v) is 6.72. The van der Waals surface area contributed by atoms with Crippen LogP contribution in [0.1, 0.15) is 13.8 Å². The lowest BCUT2D eigenvalue weighted by molar-refractivity contribution is 0.174. The second kappa shape index (κ2) is 4.49. The summed E-state index contributed by atoms with van der Waals surface area (Å²) in [6.07, 6.45) is 0. The number of ether oxygens (including phenoxy) is 2. The molecule has 0 amide bonds. The first-order chi connectivity index (χ1) is 8.72. The third kappa shape index (κ3) is 2.13. The smallest absolute Gasteiger partial charge is 0.231 e. The van der Waals surface area contributed by atoms with Crippen molar-refractivity contribution in [3.63, 3.8) is 0 Å². The van der Waals surface area contributed by atoms with Crippen molar-refractivity contribution in [2.24, 2.45) is 0 Å². The summed E-state index contributed by atoms with van der Waals surface area (Å²) >= 11 is 1.61. The van der Waals surface area contributed by atoms with E-state index >= 15 is 0 Å². The minimum Gasteiger partial charge on any atom is -0.454 e. The van der Waals surface area contributed by atoms with Gasteiger partial charge in [0.15, 0.2) is 16.6 Å². The second-order valence-electron chi connectivity index (χ2n) is 4.40. The zero-order chi connectivity index (χ0) is 12.5. The molecule has 0 atom stereocenters. The van der Waals surface area contributed by atoms with E-state index in [1.165, 1.54) is 0 Å². The molecule has 3 rings (SSSR count). The summed E-state index contributed by atoms with van der Waals surface area (Å²) in [5.41, 5.74) is 2.01. The fraction of sp³-hybridized carbons (Fsp3) is 0.308. The first kappa shape index (κ1) is 11.3. The van der Waals surface area contributed by atoms with Gasteiger partial charge in [0.1, 0.15) is 0 Å². The van der Waals surface area contributed by atoms with Crippen LogP contribution in [0.5, 0.6) is 11.5 Å². The Labute approximate surface area is 110 Å². The predicted molar refractivity (Wildman–Crippen MR) is 72.4 cm³/mol. The maximum absolute atomic E-state index is 5.37. The molecule has 5 heteroatoms. The molecule has 1 N–H and O–H groups in total. The average Bonchev–Trinajstić information content (AvgIpc) is 2.95. The molecule has 0 bridgehead atoms. The molecular weight excluding hydrogens is 248 g/mol. The molecule has 0 saturated carbocycles. The largest absolute Gasteiger partial charge is 0.454 e. The Hall–Kier alpha value is -1.75. The molecule has 1 aromatic carbocycles. The van der Waals surface area contributed by atoms with Gasteiger partial charge in [-0.25, -0.2) is 4.98 Å². The number of hydrogen-bond donors (Lipinski definition) is 1. The molecule has 4 nitrogen and oxygen atoms in total. The van der Waals surface area contributed by atoms with Crippen LogP contribution >= 0.6 is 11.3 Å². The summed E-state index contributed by atoms with van der Waals surface area (Å²) in [4.78, 5) is 4.56. The lowest BCUT2D eigenvalue weighted by Crippen LogP contribution is -2.08. The quantitative estimate of drug-likeness (QED) is 0.921. The van der Waals surface area contributed by atoms with Crippen LogP contribution in [0.25, 0.3) is 11.3 Å². The fourth-order valence-corrected chi connectivity index (χ4v) is 2.64. The van der Waals surface area contributed by atoms with Gasteiger partial charge in [-0.2, -0.15) is 0 Å². The Bertz CT molecular complexity index is 566. The highest BCUT2D eigenvalue weighted by molar-refractivity contribution is 7.14. The number of aromatic nitrogens is 1. The van der Waals surface area contributed by atoms with Crippen LogP contribution < -0.4 is 14.8 Å². The molecule has 0 aliphatic carbocycles. The number of anilines is 1. The van der Waals surface area contributed by atoms with E-state index in [0.29, 0.717) is 12.8 Å². The number of nitrogens with zero attached hydrogens (tertiary/aromatic N) is 1. The number of thiazole rings is 1. The minimum absolute atomic E-state index is 0.302. The van der Waals surface area contributed by atoms with E-state index in [-0.39, 0.29) is 0 Å². The molecule has 0 fully saturated rings. The second-order valence-corrected chi connectivity index (χ2v) is 5.26. The molecule has 18 heavy (non-hydrogen) atoms. The lowest BCUT2D eigenvalue weighted by Gasteiger charge is -2.04. The molecule has 2 aromatic rings. The van der Waals surface area contributed by atoms with Gasteiger partial charge in [0.2, 0.25) is 6.79 Å². The fourth-order valence-electron chi connectivity index (χ4n) is 1.78. The summed E-state index contributed by atoms with van der Waals surface area (Å²) in [6.45, 7) is 4.50. The van der Waals surface area contributed by atoms with Gasteiger partial charge in [-0.1, -0.05) is 0 Å². The Kier molecular flexibility index (Phi) is 2.83. The normalized spacial score (nSPS) is 13.1. The van der Waals surface area contributed by atoms with Crippen molar-refractivity contribution in [2.45, 2.75) is 19.9 Å². The number of hydrogen-bond acceptors (Lipinski definition) is 5. The lowest BCUT2D eigenvalue weighted by atomic mass is 10.1. The monoisotopic (exact) mass is 262 g/mol. The van der Waals surface area contributed by atoms with Crippen LogP contribution in [0.4, 0.5) is 5.13 Å². The number of fused-ring (bicyclic) bond motifs is 1. The zero-order valence-electron chi connectivity index (χ0n) is 10.3. The van der Waals surface area contributed by atoms with Crippen LogP contribution in [0.2, 0.25) is 0 Å².